The molecule has 1 aliphatic heterocycles. The Bertz CT molecular complexity index is 1420. The zero-order valence-corrected chi connectivity index (χ0v) is 19.6. The van der Waals surface area contributed by atoms with Gasteiger partial charge >= 0.3 is 5.63 Å². The van der Waals surface area contributed by atoms with Gasteiger partial charge in [0.2, 0.25) is 0 Å². The zero-order chi connectivity index (χ0) is 24.5. The van der Waals surface area contributed by atoms with E-state index in [1.807, 2.05) is 50.2 Å². The summed E-state index contributed by atoms with van der Waals surface area (Å²) in [4.78, 5) is 26.6. The fraction of sp³-hybridized carbons (Fsp3) is 0.214. The Morgan fingerprint density at radius 3 is 2.31 bits per heavy atom. The molecule has 3 aromatic carbocycles. The van der Waals surface area contributed by atoms with E-state index < -0.39 is 17.6 Å². The highest BCUT2D eigenvalue weighted by atomic mass is 16.5. The van der Waals surface area contributed by atoms with Crippen LogP contribution in [0.25, 0.3) is 11.0 Å². The molecule has 0 spiro atoms. The van der Waals surface area contributed by atoms with Crippen molar-refractivity contribution in [1.82, 2.24) is 0 Å². The second-order valence-corrected chi connectivity index (χ2v) is 8.60. The molecular formula is C28H25NO6. The van der Waals surface area contributed by atoms with Gasteiger partial charge in [-0.15, -0.1) is 0 Å². The van der Waals surface area contributed by atoms with E-state index in [1.165, 1.54) is 0 Å². The zero-order valence-electron chi connectivity index (χ0n) is 19.6. The van der Waals surface area contributed by atoms with Gasteiger partial charge in [0, 0.05) is 5.69 Å². The van der Waals surface area contributed by atoms with Crippen LogP contribution < -0.4 is 25.2 Å². The van der Waals surface area contributed by atoms with E-state index in [4.69, 9.17) is 18.6 Å². The number of carbonyl (C=O) groups is 1. The number of rotatable bonds is 6. The van der Waals surface area contributed by atoms with E-state index in [9.17, 15) is 9.59 Å². The standard InChI is InChI=1S/C28H25NO6/c1-16(2)33-20-12-8-17(9-13-20)23-24-25(21-6-4-5-7-22(21)34-28(24)31)35-26(23)27(30)29-18-10-14-19(32-3)15-11-18/h4-16,23,26H,1-3H3,(H,29,30)/t23-,26-/m1/s1. The first-order valence-electron chi connectivity index (χ1n) is 11.4. The van der Waals surface area contributed by atoms with Crippen molar-refractivity contribution in [3.8, 4) is 17.2 Å². The van der Waals surface area contributed by atoms with Crippen molar-refractivity contribution in [3.05, 3.63) is 94.3 Å². The number of anilines is 1. The van der Waals surface area contributed by atoms with E-state index in [1.54, 1.807) is 43.5 Å². The average molecular weight is 472 g/mol. The summed E-state index contributed by atoms with van der Waals surface area (Å²) < 4.78 is 22.8. The van der Waals surface area contributed by atoms with Gasteiger partial charge in [-0.2, -0.15) is 0 Å². The molecule has 0 saturated carbocycles. The lowest BCUT2D eigenvalue weighted by Gasteiger charge is -2.19. The summed E-state index contributed by atoms with van der Waals surface area (Å²) in [6, 6.07) is 21.5. The molecule has 2 heterocycles. The molecule has 178 valence electrons. The number of nitrogens with one attached hydrogen (secondary N) is 1. The minimum Gasteiger partial charge on any atom is -0.497 e. The molecule has 5 rings (SSSR count). The Labute approximate surface area is 202 Å². The number of ether oxygens (including phenoxy) is 3. The van der Waals surface area contributed by atoms with Gasteiger partial charge in [0.25, 0.3) is 5.91 Å². The molecule has 4 aromatic rings. The molecule has 1 N–H and O–H groups in total. The van der Waals surface area contributed by atoms with Crippen LogP contribution in [0.3, 0.4) is 0 Å². The molecule has 1 amide bonds. The van der Waals surface area contributed by atoms with E-state index in [-0.39, 0.29) is 12.0 Å². The Hall–Kier alpha value is -4.26. The van der Waals surface area contributed by atoms with Crippen molar-refractivity contribution in [3.63, 3.8) is 0 Å². The van der Waals surface area contributed by atoms with E-state index in [0.29, 0.717) is 39.5 Å². The number of amides is 1. The largest absolute Gasteiger partial charge is 0.497 e. The van der Waals surface area contributed by atoms with Gasteiger partial charge in [0.1, 0.15) is 22.8 Å². The van der Waals surface area contributed by atoms with Gasteiger partial charge in [-0.3, -0.25) is 4.79 Å². The molecule has 0 radical (unpaired) electrons. The maximum Gasteiger partial charge on any atom is 0.344 e. The Morgan fingerprint density at radius 1 is 0.943 bits per heavy atom. The number of benzene rings is 3. The normalized spacial score (nSPS) is 16.6. The molecule has 0 saturated heterocycles. The summed E-state index contributed by atoms with van der Waals surface area (Å²) in [6.45, 7) is 3.90. The van der Waals surface area contributed by atoms with Crippen molar-refractivity contribution < 1.29 is 23.4 Å². The summed E-state index contributed by atoms with van der Waals surface area (Å²) in [7, 11) is 1.58. The molecule has 0 bridgehead atoms. The van der Waals surface area contributed by atoms with Crippen LogP contribution in [0, 0.1) is 0 Å². The third-order valence-electron chi connectivity index (χ3n) is 5.88. The Kier molecular flexibility index (Phi) is 5.91. The summed E-state index contributed by atoms with van der Waals surface area (Å²) in [5.41, 5.74) is 1.55. The van der Waals surface area contributed by atoms with Crippen molar-refractivity contribution in [2.45, 2.75) is 32.0 Å². The number of para-hydroxylation sites is 1. The predicted molar refractivity (Wildman–Crippen MR) is 133 cm³/mol. The molecule has 1 aliphatic rings. The van der Waals surface area contributed by atoms with E-state index in [2.05, 4.69) is 5.32 Å². The third kappa shape index (κ3) is 4.33. The van der Waals surface area contributed by atoms with Crippen molar-refractivity contribution in [2.24, 2.45) is 0 Å². The summed E-state index contributed by atoms with van der Waals surface area (Å²) in [5, 5.41) is 3.54. The van der Waals surface area contributed by atoms with Gasteiger partial charge in [-0.1, -0.05) is 24.3 Å². The first kappa shape index (κ1) is 22.5. The van der Waals surface area contributed by atoms with Gasteiger partial charge < -0.3 is 23.9 Å². The second-order valence-electron chi connectivity index (χ2n) is 8.60. The molecule has 2 atom stereocenters. The fourth-order valence-electron chi connectivity index (χ4n) is 4.34. The lowest BCUT2D eigenvalue weighted by molar-refractivity contribution is -0.122. The number of methoxy groups -OCH3 is 1. The van der Waals surface area contributed by atoms with Crippen LogP contribution in [0.4, 0.5) is 5.69 Å². The lowest BCUT2D eigenvalue weighted by atomic mass is 9.88. The van der Waals surface area contributed by atoms with Crippen LogP contribution in [-0.2, 0) is 4.79 Å². The van der Waals surface area contributed by atoms with Gasteiger partial charge in [0.05, 0.1) is 30.1 Å². The van der Waals surface area contributed by atoms with Crippen molar-refractivity contribution in [2.75, 3.05) is 12.4 Å². The van der Waals surface area contributed by atoms with Gasteiger partial charge in [-0.25, -0.2) is 4.79 Å². The van der Waals surface area contributed by atoms with Crippen molar-refractivity contribution in [1.29, 1.82) is 0 Å². The molecule has 0 aliphatic carbocycles. The highest BCUT2D eigenvalue weighted by Gasteiger charge is 2.44. The number of hydrogen-bond acceptors (Lipinski definition) is 6. The van der Waals surface area contributed by atoms with Crippen LogP contribution in [0.2, 0.25) is 0 Å². The molecule has 1 aromatic heterocycles. The Morgan fingerprint density at radius 2 is 1.63 bits per heavy atom. The lowest BCUT2D eigenvalue weighted by Crippen LogP contribution is -2.35. The number of carbonyl (C=O) groups excluding carboxylic acids is 1. The first-order valence-corrected chi connectivity index (χ1v) is 11.4. The summed E-state index contributed by atoms with van der Waals surface area (Å²) in [5.74, 6) is 0.727. The molecule has 7 nitrogen and oxygen atoms in total. The van der Waals surface area contributed by atoms with E-state index in [0.717, 1.165) is 5.56 Å². The van der Waals surface area contributed by atoms with Crippen LogP contribution in [0.5, 0.6) is 17.2 Å². The monoisotopic (exact) mass is 471 g/mol. The molecule has 0 fully saturated rings. The summed E-state index contributed by atoms with van der Waals surface area (Å²) >= 11 is 0. The van der Waals surface area contributed by atoms with Gasteiger partial charge in [0.15, 0.2) is 6.10 Å². The minimum absolute atomic E-state index is 0.0258. The van der Waals surface area contributed by atoms with Gasteiger partial charge in [-0.05, 0) is 67.9 Å². The number of hydrogen-bond donors (Lipinski definition) is 1. The second kappa shape index (κ2) is 9.18. The maximum atomic E-state index is 13.5. The molecular weight excluding hydrogens is 446 g/mol. The molecule has 0 unspecified atom stereocenters. The van der Waals surface area contributed by atoms with Crippen LogP contribution in [0.15, 0.2) is 82.0 Å². The minimum atomic E-state index is -0.974. The molecule has 7 heteroatoms. The SMILES string of the molecule is COc1ccc(NC(=O)[C@@H]2Oc3c(c(=O)oc4ccccc34)[C@H]2c2ccc(OC(C)C)cc2)cc1. The van der Waals surface area contributed by atoms with Crippen LogP contribution in [0.1, 0.15) is 30.9 Å². The topological polar surface area (TPSA) is 87.0 Å². The Balaban J connectivity index is 1.56. The highest BCUT2D eigenvalue weighted by molar-refractivity contribution is 5.97. The maximum absolute atomic E-state index is 13.5. The first-order chi connectivity index (χ1) is 16.9. The average Bonchev–Trinajstić information content (AvgIpc) is 3.27. The van der Waals surface area contributed by atoms with E-state index >= 15 is 0 Å². The van der Waals surface area contributed by atoms with Crippen LogP contribution in [-0.4, -0.2) is 25.2 Å². The predicted octanol–water partition coefficient (Wildman–Crippen LogP) is 5.12. The fourth-order valence-corrected chi connectivity index (χ4v) is 4.34. The van der Waals surface area contributed by atoms with Crippen LogP contribution >= 0.6 is 0 Å². The third-order valence-corrected chi connectivity index (χ3v) is 5.88. The van der Waals surface area contributed by atoms with Crippen molar-refractivity contribution >= 4 is 22.6 Å². The highest BCUT2D eigenvalue weighted by Crippen LogP contribution is 2.44. The molecule has 35 heavy (non-hydrogen) atoms. The quantitative estimate of drug-likeness (QED) is 0.393. The smallest absolute Gasteiger partial charge is 0.344 e. The number of fused-ring (bicyclic) bond motifs is 3. The summed E-state index contributed by atoms with van der Waals surface area (Å²) in [6.07, 6.45) is -0.949.